The minimum absolute atomic E-state index is 0. The van der Waals surface area contributed by atoms with Crippen molar-refractivity contribution in [2.24, 2.45) is 12.8 Å². The molecule has 1 aromatic heterocycles. The minimum atomic E-state index is -0.640. The Balaban J connectivity index is 0.00000110. The van der Waals surface area contributed by atoms with Gasteiger partial charge < -0.3 is 15.6 Å². The Morgan fingerprint density at radius 3 is 2.57 bits per heavy atom. The molecule has 1 amide bonds. The third-order valence-electron chi connectivity index (χ3n) is 3.80. The first-order chi connectivity index (χ1) is 9.01. The highest BCUT2D eigenvalue weighted by atomic mass is 35.5. The monoisotopic (exact) mass is 330 g/mol. The molecule has 1 aliphatic carbocycles. The van der Waals surface area contributed by atoms with Crippen molar-refractivity contribution >= 4 is 41.8 Å². The molecule has 2 aromatic rings. The van der Waals surface area contributed by atoms with E-state index in [0.717, 1.165) is 29.7 Å². The predicted octanol–water partition coefficient (Wildman–Crippen LogP) is 2.09. The molecule has 116 valence electrons. The van der Waals surface area contributed by atoms with Crippen LogP contribution in [0.3, 0.4) is 0 Å². The van der Waals surface area contributed by atoms with Gasteiger partial charge in [-0.3, -0.25) is 4.79 Å². The molecular formula is C14H20Cl2N4O. The fourth-order valence-electron chi connectivity index (χ4n) is 2.32. The Morgan fingerprint density at radius 1 is 1.38 bits per heavy atom. The van der Waals surface area contributed by atoms with E-state index in [4.69, 9.17) is 5.73 Å². The summed E-state index contributed by atoms with van der Waals surface area (Å²) in [7, 11) is 1.96. The van der Waals surface area contributed by atoms with Crippen LogP contribution in [0.1, 0.15) is 31.6 Å². The number of para-hydroxylation sites is 2. The lowest BCUT2D eigenvalue weighted by Gasteiger charge is -2.16. The highest BCUT2D eigenvalue weighted by Crippen LogP contribution is 2.33. The molecular weight excluding hydrogens is 311 g/mol. The number of aromatic nitrogens is 2. The number of amides is 1. The SMILES string of the molecule is CC(NC(=O)C1(N)CC1)c1nc2ccccc2n1C.Cl.Cl. The van der Waals surface area contributed by atoms with Gasteiger partial charge in [0.05, 0.1) is 22.6 Å². The van der Waals surface area contributed by atoms with Crippen molar-refractivity contribution in [2.45, 2.75) is 31.3 Å². The maximum absolute atomic E-state index is 12.0. The van der Waals surface area contributed by atoms with Gasteiger partial charge in [-0.1, -0.05) is 12.1 Å². The molecule has 21 heavy (non-hydrogen) atoms. The lowest BCUT2D eigenvalue weighted by molar-refractivity contribution is -0.123. The van der Waals surface area contributed by atoms with Gasteiger partial charge >= 0.3 is 0 Å². The average molecular weight is 331 g/mol. The summed E-state index contributed by atoms with van der Waals surface area (Å²) in [5.74, 6) is 0.769. The summed E-state index contributed by atoms with van der Waals surface area (Å²) in [4.78, 5) is 16.5. The summed E-state index contributed by atoms with van der Waals surface area (Å²) in [5.41, 5.74) is 7.25. The molecule has 5 nitrogen and oxygen atoms in total. The molecule has 3 N–H and O–H groups in total. The minimum Gasteiger partial charge on any atom is -0.345 e. The number of carbonyl (C=O) groups is 1. The van der Waals surface area contributed by atoms with Gasteiger partial charge in [0, 0.05) is 7.05 Å². The van der Waals surface area contributed by atoms with Crippen molar-refractivity contribution < 1.29 is 4.79 Å². The van der Waals surface area contributed by atoms with E-state index < -0.39 is 5.54 Å². The van der Waals surface area contributed by atoms with Crippen LogP contribution in [0, 0.1) is 0 Å². The van der Waals surface area contributed by atoms with Gasteiger partial charge in [0.15, 0.2) is 0 Å². The van der Waals surface area contributed by atoms with Crippen LogP contribution in [0.2, 0.25) is 0 Å². The molecule has 1 heterocycles. The number of nitrogens with zero attached hydrogens (tertiary/aromatic N) is 2. The van der Waals surface area contributed by atoms with Gasteiger partial charge in [-0.05, 0) is 31.9 Å². The number of nitrogens with one attached hydrogen (secondary N) is 1. The van der Waals surface area contributed by atoms with Gasteiger partial charge in [-0.15, -0.1) is 24.8 Å². The van der Waals surface area contributed by atoms with E-state index in [0.29, 0.717) is 0 Å². The standard InChI is InChI=1S/C14H18N4O.2ClH/c1-9(16-13(19)14(15)7-8-14)12-17-10-5-3-4-6-11(10)18(12)2;;/h3-6,9H,7-8,15H2,1-2H3,(H,16,19);2*1H. The molecule has 1 aliphatic rings. The van der Waals surface area contributed by atoms with E-state index in [-0.39, 0.29) is 36.8 Å². The number of benzene rings is 1. The molecule has 1 atom stereocenters. The maximum atomic E-state index is 12.0. The molecule has 7 heteroatoms. The third-order valence-corrected chi connectivity index (χ3v) is 3.80. The van der Waals surface area contributed by atoms with Crippen LogP contribution in [0.25, 0.3) is 11.0 Å². The molecule has 1 unspecified atom stereocenters. The van der Waals surface area contributed by atoms with E-state index >= 15 is 0 Å². The molecule has 0 aliphatic heterocycles. The third kappa shape index (κ3) is 3.15. The summed E-state index contributed by atoms with van der Waals surface area (Å²) in [5, 5.41) is 2.95. The van der Waals surface area contributed by atoms with E-state index in [1.54, 1.807) is 0 Å². The van der Waals surface area contributed by atoms with Crippen LogP contribution in [0.5, 0.6) is 0 Å². The lowest BCUT2D eigenvalue weighted by atomic mass is 10.2. The van der Waals surface area contributed by atoms with E-state index in [1.807, 2.05) is 42.8 Å². The van der Waals surface area contributed by atoms with Crippen molar-refractivity contribution in [1.82, 2.24) is 14.9 Å². The van der Waals surface area contributed by atoms with Gasteiger partial charge in [-0.2, -0.15) is 0 Å². The number of carbonyl (C=O) groups excluding carboxylic acids is 1. The van der Waals surface area contributed by atoms with Gasteiger partial charge in [0.25, 0.3) is 0 Å². The fourth-order valence-corrected chi connectivity index (χ4v) is 2.32. The quantitative estimate of drug-likeness (QED) is 0.904. The smallest absolute Gasteiger partial charge is 0.240 e. The first kappa shape index (κ1) is 17.8. The number of hydrogen-bond acceptors (Lipinski definition) is 3. The summed E-state index contributed by atoms with van der Waals surface area (Å²) < 4.78 is 2.01. The fraction of sp³-hybridized carbons (Fsp3) is 0.429. The van der Waals surface area contributed by atoms with E-state index in [2.05, 4.69) is 10.3 Å². The second kappa shape index (κ2) is 6.22. The average Bonchev–Trinajstić information content (AvgIpc) is 3.06. The van der Waals surface area contributed by atoms with Crippen LogP contribution < -0.4 is 11.1 Å². The number of aryl methyl sites for hydroxylation is 1. The predicted molar refractivity (Wildman–Crippen MR) is 87.9 cm³/mol. The highest BCUT2D eigenvalue weighted by Gasteiger charge is 2.46. The van der Waals surface area contributed by atoms with Crippen LogP contribution in [0.15, 0.2) is 24.3 Å². The molecule has 3 rings (SSSR count). The molecule has 1 saturated carbocycles. The number of nitrogens with two attached hydrogens (primary N) is 1. The zero-order valence-electron chi connectivity index (χ0n) is 12.0. The molecule has 1 aromatic carbocycles. The second-order valence-electron chi connectivity index (χ2n) is 5.37. The highest BCUT2D eigenvalue weighted by molar-refractivity contribution is 5.89. The number of rotatable bonds is 3. The van der Waals surface area contributed by atoms with Gasteiger partial charge in [0.2, 0.25) is 5.91 Å². The molecule has 0 spiro atoms. The van der Waals surface area contributed by atoms with E-state index in [1.165, 1.54) is 0 Å². The normalized spacial score (nSPS) is 16.5. The number of halogens is 2. The topological polar surface area (TPSA) is 72.9 Å². The number of fused-ring (bicyclic) bond motifs is 1. The second-order valence-corrected chi connectivity index (χ2v) is 5.37. The Labute approximate surface area is 136 Å². The number of imidazole rings is 1. The zero-order valence-corrected chi connectivity index (χ0v) is 13.6. The van der Waals surface area contributed by atoms with Crippen molar-refractivity contribution in [3.8, 4) is 0 Å². The van der Waals surface area contributed by atoms with Crippen molar-refractivity contribution in [3.63, 3.8) is 0 Å². The lowest BCUT2D eigenvalue weighted by Crippen LogP contribution is -2.44. The van der Waals surface area contributed by atoms with Crippen LogP contribution in [-0.2, 0) is 11.8 Å². The van der Waals surface area contributed by atoms with Crippen LogP contribution in [-0.4, -0.2) is 21.0 Å². The van der Waals surface area contributed by atoms with Crippen molar-refractivity contribution in [1.29, 1.82) is 0 Å². The Morgan fingerprint density at radius 2 is 2.00 bits per heavy atom. The van der Waals surface area contributed by atoms with Crippen molar-refractivity contribution in [2.75, 3.05) is 0 Å². The first-order valence-electron chi connectivity index (χ1n) is 6.52. The Hall–Kier alpha value is -1.30. The van der Waals surface area contributed by atoms with Crippen LogP contribution >= 0.6 is 24.8 Å². The molecule has 0 saturated heterocycles. The maximum Gasteiger partial charge on any atom is 0.240 e. The number of hydrogen-bond donors (Lipinski definition) is 2. The first-order valence-corrected chi connectivity index (χ1v) is 6.52. The summed E-state index contributed by atoms with van der Waals surface area (Å²) in [6.45, 7) is 1.94. The summed E-state index contributed by atoms with van der Waals surface area (Å²) in [6, 6.07) is 7.79. The van der Waals surface area contributed by atoms with E-state index in [9.17, 15) is 4.79 Å². The Kier molecular flexibility index (Phi) is 5.25. The molecule has 0 radical (unpaired) electrons. The van der Waals surface area contributed by atoms with Gasteiger partial charge in [0.1, 0.15) is 5.82 Å². The van der Waals surface area contributed by atoms with Crippen molar-refractivity contribution in [3.05, 3.63) is 30.1 Å². The van der Waals surface area contributed by atoms with Gasteiger partial charge in [-0.25, -0.2) is 4.98 Å². The van der Waals surface area contributed by atoms with Crippen LogP contribution in [0.4, 0.5) is 0 Å². The summed E-state index contributed by atoms with van der Waals surface area (Å²) >= 11 is 0. The zero-order chi connectivity index (χ0) is 13.6. The largest absolute Gasteiger partial charge is 0.345 e. The Bertz CT molecular complexity index is 651. The molecule has 1 fully saturated rings. The summed E-state index contributed by atoms with van der Waals surface area (Å²) in [6.07, 6.45) is 1.54. The molecule has 0 bridgehead atoms.